The van der Waals surface area contributed by atoms with Crippen molar-refractivity contribution in [3.63, 3.8) is 0 Å². The predicted molar refractivity (Wildman–Crippen MR) is 148 cm³/mol. The molecule has 0 aliphatic carbocycles. The summed E-state index contributed by atoms with van der Waals surface area (Å²) in [5.74, 6) is -1.42. The van der Waals surface area contributed by atoms with Crippen molar-refractivity contribution in [2.75, 3.05) is 41.7 Å². The summed E-state index contributed by atoms with van der Waals surface area (Å²) in [5, 5.41) is 13.0. The fraction of sp³-hybridized carbons (Fsp3) is 0.393. The lowest BCUT2D eigenvalue weighted by Gasteiger charge is -2.35. The van der Waals surface area contributed by atoms with E-state index in [4.69, 9.17) is 10.7 Å². The van der Waals surface area contributed by atoms with Crippen LogP contribution < -0.4 is 20.9 Å². The molecule has 41 heavy (non-hydrogen) atoms. The highest BCUT2D eigenvalue weighted by Crippen LogP contribution is 2.48. The average Bonchev–Trinajstić information content (AvgIpc) is 3.67. The van der Waals surface area contributed by atoms with Gasteiger partial charge in [-0.15, -0.1) is 11.3 Å². The molecular formula is C28H24F5N7S. The number of nitriles is 1. The van der Waals surface area contributed by atoms with Crippen LogP contribution in [0.2, 0.25) is 0 Å². The van der Waals surface area contributed by atoms with E-state index in [0.29, 0.717) is 26.2 Å². The molecule has 7 nitrogen and oxygen atoms in total. The van der Waals surface area contributed by atoms with Crippen LogP contribution in [0.25, 0.3) is 32.1 Å². The lowest BCUT2D eigenvalue weighted by molar-refractivity contribution is -0.137. The fourth-order valence-corrected chi connectivity index (χ4v) is 7.41. The maximum atomic E-state index is 16.8. The Labute approximate surface area is 235 Å². The molecule has 3 saturated heterocycles. The number of aromatic nitrogens is 2. The molecule has 2 aromatic heterocycles. The number of alkyl halides is 3. The number of nitrogens with zero attached hydrogens (tertiary/aromatic N) is 5. The molecule has 5 heterocycles. The summed E-state index contributed by atoms with van der Waals surface area (Å²) in [6, 6.07) is 5.13. The van der Waals surface area contributed by atoms with E-state index >= 15 is 4.39 Å². The molecule has 2 unspecified atom stereocenters. The molecule has 2 aromatic carbocycles. The molecule has 0 saturated carbocycles. The number of fused-ring (bicyclic) bond motifs is 4. The number of hydrogen-bond acceptors (Lipinski definition) is 8. The molecular weight excluding hydrogens is 561 g/mol. The molecule has 3 fully saturated rings. The third-order valence-electron chi connectivity index (χ3n) is 8.31. The Balaban J connectivity index is 1.55. The van der Waals surface area contributed by atoms with Crippen molar-refractivity contribution in [2.45, 2.75) is 43.9 Å². The molecule has 2 atom stereocenters. The summed E-state index contributed by atoms with van der Waals surface area (Å²) < 4.78 is 75.6. The second-order valence-electron chi connectivity index (χ2n) is 10.8. The zero-order chi connectivity index (χ0) is 28.6. The molecule has 13 heteroatoms. The molecule has 0 spiro atoms. The second kappa shape index (κ2) is 9.39. The van der Waals surface area contributed by atoms with Crippen LogP contribution in [0, 0.1) is 23.0 Å². The van der Waals surface area contributed by atoms with Crippen LogP contribution in [-0.2, 0) is 6.18 Å². The van der Waals surface area contributed by atoms with Gasteiger partial charge in [-0.2, -0.15) is 23.4 Å². The fourth-order valence-electron chi connectivity index (χ4n) is 6.46. The van der Waals surface area contributed by atoms with Crippen molar-refractivity contribution in [3.05, 3.63) is 41.0 Å². The minimum Gasteiger partial charge on any atom is -0.389 e. The van der Waals surface area contributed by atoms with Crippen molar-refractivity contribution >= 4 is 49.1 Å². The maximum absolute atomic E-state index is 16.8. The van der Waals surface area contributed by atoms with E-state index in [0.717, 1.165) is 55.2 Å². The number of benzene rings is 2. The van der Waals surface area contributed by atoms with Gasteiger partial charge in [0.1, 0.15) is 28.2 Å². The highest BCUT2D eigenvalue weighted by molar-refractivity contribution is 7.23. The predicted octanol–water partition coefficient (Wildman–Crippen LogP) is 5.80. The number of hydrogen-bond donors (Lipinski definition) is 2. The smallest absolute Gasteiger partial charge is 0.389 e. The summed E-state index contributed by atoms with van der Waals surface area (Å²) in [6.07, 6.45) is -1.28. The Morgan fingerprint density at radius 2 is 1.76 bits per heavy atom. The van der Waals surface area contributed by atoms with Gasteiger partial charge in [0, 0.05) is 54.6 Å². The molecule has 4 aromatic rings. The largest absolute Gasteiger partial charge is 0.417 e. The zero-order valence-electron chi connectivity index (χ0n) is 21.7. The van der Waals surface area contributed by atoms with Crippen LogP contribution in [0.5, 0.6) is 0 Å². The SMILES string of the molecule is N#Cc1c(N)sc2c(F)ccc(-c3c(C(F)(F)F)cc4c(N5CC6CCC(C5)N6)nc(N5CCCC5)nc4c3F)c12. The van der Waals surface area contributed by atoms with Crippen molar-refractivity contribution in [3.8, 4) is 17.2 Å². The van der Waals surface area contributed by atoms with Gasteiger partial charge in [-0.1, -0.05) is 6.07 Å². The molecule has 2 bridgehead atoms. The number of anilines is 3. The van der Waals surface area contributed by atoms with E-state index in [2.05, 4.69) is 10.3 Å². The number of halogens is 5. The van der Waals surface area contributed by atoms with Crippen molar-refractivity contribution in [1.29, 1.82) is 5.26 Å². The van der Waals surface area contributed by atoms with Gasteiger partial charge >= 0.3 is 6.18 Å². The zero-order valence-corrected chi connectivity index (χ0v) is 22.5. The monoisotopic (exact) mass is 585 g/mol. The van der Waals surface area contributed by atoms with Crippen LogP contribution in [-0.4, -0.2) is 48.2 Å². The molecule has 3 aliphatic rings. The van der Waals surface area contributed by atoms with E-state index in [1.807, 2.05) is 15.9 Å². The third kappa shape index (κ3) is 4.15. The summed E-state index contributed by atoms with van der Waals surface area (Å²) in [6.45, 7) is 2.38. The quantitative estimate of drug-likeness (QED) is 0.294. The molecule has 7 rings (SSSR count). The number of thiophene rings is 1. The van der Waals surface area contributed by atoms with E-state index in [1.165, 1.54) is 0 Å². The van der Waals surface area contributed by atoms with E-state index < -0.39 is 28.9 Å². The first kappa shape index (κ1) is 26.2. The maximum Gasteiger partial charge on any atom is 0.417 e. The number of nitrogens with two attached hydrogens (primary N) is 1. The highest BCUT2D eigenvalue weighted by Gasteiger charge is 2.40. The first-order chi connectivity index (χ1) is 19.6. The van der Waals surface area contributed by atoms with Gasteiger partial charge in [0.05, 0.1) is 15.8 Å². The van der Waals surface area contributed by atoms with Crippen LogP contribution in [0.15, 0.2) is 18.2 Å². The van der Waals surface area contributed by atoms with Gasteiger partial charge in [-0.05, 0) is 43.4 Å². The van der Waals surface area contributed by atoms with E-state index in [-0.39, 0.29) is 61.0 Å². The third-order valence-corrected chi connectivity index (χ3v) is 9.34. The molecule has 212 valence electrons. The Hall–Kier alpha value is -3.76. The van der Waals surface area contributed by atoms with Crippen LogP contribution in [0.1, 0.15) is 36.8 Å². The van der Waals surface area contributed by atoms with Gasteiger partial charge in [-0.3, -0.25) is 0 Å². The Kier molecular flexibility index (Phi) is 5.99. The van der Waals surface area contributed by atoms with Gasteiger partial charge in [-0.25, -0.2) is 13.8 Å². The van der Waals surface area contributed by atoms with Gasteiger partial charge in [0.25, 0.3) is 0 Å². The first-order valence-corrected chi connectivity index (χ1v) is 14.2. The standard InChI is InChI=1S/C28H24F5N7S/c29-19-6-5-15(20-17(10-34)25(35)41-24(19)20)21-18(28(31,32)33)9-16-23(22(21)30)37-27(39-7-1-2-8-39)38-26(16)40-11-13-3-4-14(12-40)36-13/h5-6,9,13-14,36H,1-4,7-8,11-12,35H2. The number of piperazine rings is 1. The van der Waals surface area contributed by atoms with Crippen LogP contribution >= 0.6 is 11.3 Å². The highest BCUT2D eigenvalue weighted by atomic mass is 32.1. The van der Waals surface area contributed by atoms with Crippen molar-refractivity contribution in [1.82, 2.24) is 15.3 Å². The first-order valence-electron chi connectivity index (χ1n) is 13.4. The van der Waals surface area contributed by atoms with Crippen LogP contribution in [0.3, 0.4) is 0 Å². The number of nitrogens with one attached hydrogen (secondary N) is 1. The Morgan fingerprint density at radius 1 is 1.05 bits per heavy atom. The average molecular weight is 586 g/mol. The Bertz CT molecular complexity index is 1740. The van der Waals surface area contributed by atoms with Crippen molar-refractivity contribution in [2.24, 2.45) is 0 Å². The lowest BCUT2D eigenvalue weighted by atomic mass is 9.92. The van der Waals surface area contributed by atoms with Gasteiger partial charge in [0.2, 0.25) is 5.95 Å². The summed E-state index contributed by atoms with van der Waals surface area (Å²) in [5.41, 5.74) is 3.19. The number of rotatable bonds is 3. The normalized spacial score (nSPS) is 20.9. The summed E-state index contributed by atoms with van der Waals surface area (Å²) >= 11 is 0.740. The van der Waals surface area contributed by atoms with Crippen molar-refractivity contribution < 1.29 is 22.0 Å². The molecule has 0 radical (unpaired) electrons. The van der Waals surface area contributed by atoms with E-state index in [9.17, 15) is 22.8 Å². The minimum absolute atomic E-state index is 0.0356. The van der Waals surface area contributed by atoms with Gasteiger partial charge < -0.3 is 20.9 Å². The topological polar surface area (TPSA) is 94.1 Å². The molecule has 3 aliphatic heterocycles. The summed E-state index contributed by atoms with van der Waals surface area (Å²) in [7, 11) is 0. The Morgan fingerprint density at radius 3 is 2.41 bits per heavy atom. The van der Waals surface area contributed by atoms with E-state index in [1.54, 1.807) is 0 Å². The second-order valence-corrected chi connectivity index (χ2v) is 11.9. The van der Waals surface area contributed by atoms with Gasteiger partial charge in [0.15, 0.2) is 5.82 Å². The molecule has 3 N–H and O–H groups in total. The minimum atomic E-state index is -4.98. The summed E-state index contributed by atoms with van der Waals surface area (Å²) in [4.78, 5) is 13.1. The number of nitrogen functional groups attached to an aromatic ring is 1. The lowest BCUT2D eigenvalue weighted by Crippen LogP contribution is -2.51. The molecule has 0 amide bonds. The van der Waals surface area contributed by atoms with Crippen LogP contribution in [0.4, 0.5) is 38.7 Å².